The summed E-state index contributed by atoms with van der Waals surface area (Å²) in [6.07, 6.45) is 3.05. The summed E-state index contributed by atoms with van der Waals surface area (Å²) in [5.74, 6) is -0.835. The molecule has 0 aromatic carbocycles. The first-order chi connectivity index (χ1) is 12.9. The molecule has 0 unspecified atom stereocenters. The Bertz CT molecular complexity index is 777. The number of hydrogen-bond donors (Lipinski definition) is 0. The Labute approximate surface area is 166 Å². The van der Waals surface area contributed by atoms with E-state index in [0.29, 0.717) is 35.7 Å². The van der Waals surface area contributed by atoms with Crippen molar-refractivity contribution in [1.82, 2.24) is 9.97 Å². The lowest BCUT2D eigenvalue weighted by molar-refractivity contribution is 0.0360. The third kappa shape index (κ3) is 6.76. The number of pyridine rings is 2. The lowest BCUT2D eigenvalue weighted by Crippen LogP contribution is -2.18. The summed E-state index contributed by atoms with van der Waals surface area (Å²) in [5, 5.41) is 0. The molecule has 0 fully saturated rings. The molecule has 2 heterocycles. The Morgan fingerprint density at radius 3 is 1.43 bits per heavy atom. The fraction of sp³-hybridized carbons (Fsp3) is 0.455. The summed E-state index contributed by atoms with van der Waals surface area (Å²) in [6.45, 7) is 12.6. The molecule has 0 atom stereocenters. The first-order valence-electron chi connectivity index (χ1n) is 9.21. The molecule has 0 saturated heterocycles. The molecule has 0 N–H and O–H groups in total. The highest BCUT2D eigenvalue weighted by Gasteiger charge is 2.18. The molecule has 6 heteroatoms. The first-order valence-corrected chi connectivity index (χ1v) is 9.21. The summed E-state index contributed by atoms with van der Waals surface area (Å²) in [4.78, 5) is 33.1. The molecule has 2 rings (SSSR count). The maximum Gasteiger partial charge on any atom is 0.338 e. The van der Waals surface area contributed by atoms with Gasteiger partial charge < -0.3 is 9.47 Å². The van der Waals surface area contributed by atoms with Crippen molar-refractivity contribution in [2.45, 2.75) is 41.5 Å². The largest absolute Gasteiger partial charge is 0.462 e. The second kappa shape index (κ2) is 8.50. The van der Waals surface area contributed by atoms with E-state index in [1.54, 1.807) is 24.3 Å². The number of nitrogens with zero attached hydrogens (tertiary/aromatic N) is 2. The van der Waals surface area contributed by atoms with Crippen LogP contribution in [0.2, 0.25) is 0 Å². The predicted octanol–water partition coefficient (Wildman–Crippen LogP) is 4.55. The van der Waals surface area contributed by atoms with E-state index in [1.165, 1.54) is 12.4 Å². The van der Waals surface area contributed by atoms with Gasteiger partial charge in [0.1, 0.15) is 0 Å². The van der Waals surface area contributed by atoms with Crippen molar-refractivity contribution in [3.05, 3.63) is 47.8 Å². The van der Waals surface area contributed by atoms with Crippen LogP contribution in [0.15, 0.2) is 36.7 Å². The van der Waals surface area contributed by atoms with Crippen LogP contribution < -0.4 is 0 Å². The maximum absolute atomic E-state index is 12.3. The molecular weight excluding hydrogens is 356 g/mol. The summed E-state index contributed by atoms with van der Waals surface area (Å²) < 4.78 is 10.7. The molecule has 0 aliphatic heterocycles. The van der Waals surface area contributed by atoms with Crippen LogP contribution in [0.1, 0.15) is 62.3 Å². The molecule has 0 bridgehead atoms. The average molecular weight is 384 g/mol. The zero-order chi connectivity index (χ0) is 20.9. The quantitative estimate of drug-likeness (QED) is 0.704. The van der Waals surface area contributed by atoms with E-state index >= 15 is 0 Å². The van der Waals surface area contributed by atoms with Crippen LogP contribution in [0.5, 0.6) is 0 Å². The van der Waals surface area contributed by atoms with Crippen molar-refractivity contribution >= 4 is 11.9 Å². The number of esters is 2. The van der Waals surface area contributed by atoms with E-state index in [4.69, 9.17) is 9.47 Å². The van der Waals surface area contributed by atoms with Crippen LogP contribution >= 0.6 is 0 Å². The Kier molecular flexibility index (Phi) is 6.54. The molecule has 28 heavy (non-hydrogen) atoms. The predicted molar refractivity (Wildman–Crippen MR) is 107 cm³/mol. The molecule has 2 aromatic heterocycles. The van der Waals surface area contributed by atoms with Gasteiger partial charge in [0.25, 0.3) is 0 Å². The van der Waals surface area contributed by atoms with Crippen LogP contribution in [-0.4, -0.2) is 35.1 Å². The van der Waals surface area contributed by atoms with Crippen LogP contribution in [0, 0.1) is 10.8 Å². The molecule has 0 radical (unpaired) electrons. The van der Waals surface area contributed by atoms with Gasteiger partial charge in [-0.2, -0.15) is 0 Å². The second-order valence-electron chi connectivity index (χ2n) is 9.13. The van der Waals surface area contributed by atoms with Crippen LogP contribution in [-0.2, 0) is 9.47 Å². The van der Waals surface area contributed by atoms with Gasteiger partial charge >= 0.3 is 11.9 Å². The standard InChI is InChI=1S/C22H28N2O4/c1-21(2,3)13-27-19(25)15-7-9-23-17(11-15)18-12-16(8-10-24-18)20(26)28-14-22(4,5)6/h7-12H,13-14H2,1-6H3. The van der Waals surface area contributed by atoms with Gasteiger partial charge in [-0.05, 0) is 35.1 Å². The fourth-order valence-corrected chi connectivity index (χ4v) is 2.13. The molecule has 0 spiro atoms. The lowest BCUT2D eigenvalue weighted by Gasteiger charge is -2.18. The molecule has 0 aliphatic rings. The number of carbonyl (C=O) groups is 2. The summed E-state index contributed by atoms with van der Waals surface area (Å²) in [6, 6.07) is 6.40. The van der Waals surface area contributed by atoms with Crippen molar-refractivity contribution < 1.29 is 19.1 Å². The summed E-state index contributed by atoms with van der Waals surface area (Å²) >= 11 is 0. The molecular formula is C22H28N2O4. The Balaban J connectivity index is 2.17. The van der Waals surface area contributed by atoms with Gasteiger partial charge in [-0.15, -0.1) is 0 Å². The monoisotopic (exact) mass is 384 g/mol. The molecule has 6 nitrogen and oxygen atoms in total. The topological polar surface area (TPSA) is 78.4 Å². The first kappa shape index (κ1) is 21.5. The molecule has 0 amide bonds. The number of ether oxygens (including phenoxy) is 2. The van der Waals surface area contributed by atoms with Gasteiger partial charge in [0.05, 0.1) is 35.7 Å². The second-order valence-corrected chi connectivity index (χ2v) is 9.13. The Morgan fingerprint density at radius 1 is 0.750 bits per heavy atom. The molecule has 2 aromatic rings. The highest BCUT2D eigenvalue weighted by Crippen LogP contribution is 2.20. The summed E-state index contributed by atoms with van der Waals surface area (Å²) in [5.41, 5.74) is 1.50. The number of rotatable bonds is 5. The van der Waals surface area contributed by atoms with Crippen molar-refractivity contribution in [2.75, 3.05) is 13.2 Å². The fourth-order valence-electron chi connectivity index (χ4n) is 2.13. The van der Waals surface area contributed by atoms with Gasteiger partial charge in [-0.3, -0.25) is 9.97 Å². The van der Waals surface area contributed by atoms with Gasteiger partial charge in [-0.1, -0.05) is 41.5 Å². The zero-order valence-corrected chi connectivity index (χ0v) is 17.4. The van der Waals surface area contributed by atoms with Gasteiger partial charge in [-0.25, -0.2) is 9.59 Å². The molecule has 0 saturated carbocycles. The Morgan fingerprint density at radius 2 is 1.11 bits per heavy atom. The van der Waals surface area contributed by atoms with Crippen LogP contribution in [0.25, 0.3) is 11.4 Å². The third-order valence-corrected chi connectivity index (χ3v) is 3.53. The van der Waals surface area contributed by atoms with Gasteiger partial charge in [0.15, 0.2) is 0 Å². The normalized spacial score (nSPS) is 11.8. The molecule has 150 valence electrons. The highest BCUT2D eigenvalue weighted by atomic mass is 16.5. The lowest BCUT2D eigenvalue weighted by atomic mass is 9.98. The maximum atomic E-state index is 12.3. The summed E-state index contributed by atoms with van der Waals surface area (Å²) in [7, 11) is 0. The van der Waals surface area contributed by atoms with Crippen molar-refractivity contribution in [3.63, 3.8) is 0 Å². The van der Waals surface area contributed by atoms with Crippen LogP contribution in [0.4, 0.5) is 0 Å². The smallest absolute Gasteiger partial charge is 0.338 e. The van der Waals surface area contributed by atoms with Gasteiger partial charge in [0, 0.05) is 12.4 Å². The zero-order valence-electron chi connectivity index (χ0n) is 17.4. The minimum atomic E-state index is -0.417. The van der Waals surface area contributed by atoms with E-state index in [1.807, 2.05) is 41.5 Å². The van der Waals surface area contributed by atoms with Crippen molar-refractivity contribution in [1.29, 1.82) is 0 Å². The number of carbonyl (C=O) groups excluding carboxylic acids is 2. The van der Waals surface area contributed by atoms with Crippen molar-refractivity contribution in [3.8, 4) is 11.4 Å². The van der Waals surface area contributed by atoms with E-state index in [9.17, 15) is 9.59 Å². The number of aromatic nitrogens is 2. The van der Waals surface area contributed by atoms with E-state index in [-0.39, 0.29) is 10.8 Å². The number of hydrogen-bond acceptors (Lipinski definition) is 6. The highest BCUT2D eigenvalue weighted by molar-refractivity contribution is 5.92. The minimum Gasteiger partial charge on any atom is -0.462 e. The Hall–Kier alpha value is -2.76. The average Bonchev–Trinajstić information content (AvgIpc) is 2.63. The van der Waals surface area contributed by atoms with Gasteiger partial charge in [0.2, 0.25) is 0 Å². The van der Waals surface area contributed by atoms with E-state index < -0.39 is 11.9 Å². The van der Waals surface area contributed by atoms with Crippen molar-refractivity contribution in [2.24, 2.45) is 10.8 Å². The molecule has 0 aliphatic carbocycles. The van der Waals surface area contributed by atoms with Crippen LogP contribution in [0.3, 0.4) is 0 Å². The minimum absolute atomic E-state index is 0.116. The third-order valence-electron chi connectivity index (χ3n) is 3.53. The SMILES string of the molecule is CC(C)(C)COC(=O)c1ccnc(-c2cc(C(=O)OCC(C)(C)C)ccn2)c1. The van der Waals surface area contributed by atoms with E-state index in [0.717, 1.165) is 0 Å². The van der Waals surface area contributed by atoms with E-state index in [2.05, 4.69) is 9.97 Å².